The van der Waals surface area contributed by atoms with Crippen LogP contribution in [0.1, 0.15) is 32.1 Å². The van der Waals surface area contributed by atoms with E-state index in [1.165, 1.54) is 19.3 Å². The maximum absolute atomic E-state index is 12.1. The Labute approximate surface area is 123 Å². The van der Waals surface area contributed by atoms with Crippen molar-refractivity contribution in [1.82, 2.24) is 4.98 Å². The van der Waals surface area contributed by atoms with Crippen molar-refractivity contribution in [1.29, 1.82) is 0 Å². The van der Waals surface area contributed by atoms with Crippen LogP contribution in [0, 0.1) is 5.92 Å². The number of rotatable bonds is 3. The van der Waals surface area contributed by atoms with Crippen molar-refractivity contribution < 1.29 is 9.53 Å². The number of nitrogens with one attached hydrogen (secondary N) is 1. The number of anilines is 2. The summed E-state index contributed by atoms with van der Waals surface area (Å²) < 4.78 is 5.35. The number of amides is 1. The van der Waals surface area contributed by atoms with E-state index in [2.05, 4.69) is 15.2 Å². The molecule has 1 unspecified atom stereocenters. The molecule has 0 radical (unpaired) electrons. The second kappa shape index (κ2) is 6.54. The van der Waals surface area contributed by atoms with Crippen molar-refractivity contribution >= 4 is 28.2 Å². The summed E-state index contributed by atoms with van der Waals surface area (Å²) in [7, 11) is 0. The fraction of sp³-hybridized carbons (Fsp3) is 0.714. The summed E-state index contributed by atoms with van der Waals surface area (Å²) in [6.45, 7) is 3.48. The van der Waals surface area contributed by atoms with E-state index in [0.29, 0.717) is 12.4 Å². The Balaban J connectivity index is 1.57. The number of piperidine rings is 1. The van der Waals surface area contributed by atoms with Gasteiger partial charge in [0.15, 0.2) is 5.13 Å². The molecule has 2 aliphatic heterocycles. The first kappa shape index (κ1) is 13.8. The van der Waals surface area contributed by atoms with Crippen LogP contribution in [0.5, 0.6) is 0 Å². The number of carbonyl (C=O) groups is 1. The van der Waals surface area contributed by atoms with Crippen LogP contribution in [0.2, 0.25) is 0 Å². The van der Waals surface area contributed by atoms with Gasteiger partial charge in [0.1, 0.15) is 5.82 Å². The highest BCUT2D eigenvalue weighted by atomic mass is 32.1. The molecular weight excluding hydrogens is 274 g/mol. The van der Waals surface area contributed by atoms with Gasteiger partial charge in [0, 0.05) is 25.1 Å². The number of thiazole rings is 1. The Morgan fingerprint density at radius 2 is 2.20 bits per heavy atom. The van der Waals surface area contributed by atoms with E-state index in [0.717, 1.165) is 37.7 Å². The zero-order valence-corrected chi connectivity index (χ0v) is 12.5. The first-order valence-corrected chi connectivity index (χ1v) is 8.30. The minimum Gasteiger partial charge on any atom is -0.381 e. The predicted molar refractivity (Wildman–Crippen MR) is 80.4 cm³/mol. The average Bonchev–Trinajstić information content (AvgIpc) is 2.97. The Morgan fingerprint density at radius 1 is 1.35 bits per heavy atom. The average molecular weight is 295 g/mol. The van der Waals surface area contributed by atoms with E-state index < -0.39 is 0 Å². The number of carbonyl (C=O) groups excluding carboxylic acids is 1. The van der Waals surface area contributed by atoms with Crippen LogP contribution in [0.4, 0.5) is 10.9 Å². The van der Waals surface area contributed by atoms with Crippen LogP contribution in [-0.4, -0.2) is 37.2 Å². The van der Waals surface area contributed by atoms with E-state index in [-0.39, 0.29) is 11.8 Å². The quantitative estimate of drug-likeness (QED) is 0.931. The first-order valence-electron chi connectivity index (χ1n) is 7.42. The summed E-state index contributed by atoms with van der Waals surface area (Å²) in [5.74, 6) is 0.704. The fourth-order valence-corrected chi connectivity index (χ4v) is 3.54. The molecule has 1 N–H and O–H groups in total. The van der Waals surface area contributed by atoms with Crippen molar-refractivity contribution in [2.45, 2.75) is 32.1 Å². The normalized spacial score (nSPS) is 23.6. The Bertz CT molecular complexity index is 451. The molecule has 6 heteroatoms. The lowest BCUT2D eigenvalue weighted by molar-refractivity contribution is -0.123. The van der Waals surface area contributed by atoms with Gasteiger partial charge < -0.3 is 15.0 Å². The minimum absolute atomic E-state index is 0.0242. The number of hydrogen-bond donors (Lipinski definition) is 1. The summed E-state index contributed by atoms with van der Waals surface area (Å²) in [6.07, 6.45) is 5.66. The third-order valence-corrected chi connectivity index (χ3v) is 4.80. The largest absolute Gasteiger partial charge is 0.381 e. The lowest BCUT2D eigenvalue weighted by atomic mass is 10.0. The molecule has 0 aliphatic carbocycles. The Kier molecular flexibility index (Phi) is 4.52. The van der Waals surface area contributed by atoms with Crippen molar-refractivity contribution in [2.75, 3.05) is 36.5 Å². The molecule has 0 spiro atoms. The summed E-state index contributed by atoms with van der Waals surface area (Å²) in [5, 5.41) is 5.89. The highest BCUT2D eigenvalue weighted by Crippen LogP contribution is 2.26. The van der Waals surface area contributed by atoms with Gasteiger partial charge in [-0.2, -0.15) is 0 Å². The molecule has 110 valence electrons. The molecule has 3 heterocycles. The predicted octanol–water partition coefficient (Wildman–Crippen LogP) is 2.50. The SMILES string of the molecule is O=C(Nc1csc(N2CCCCC2)n1)C1CCCOC1. The zero-order valence-electron chi connectivity index (χ0n) is 11.6. The van der Waals surface area contributed by atoms with Crippen LogP contribution < -0.4 is 10.2 Å². The Morgan fingerprint density at radius 3 is 2.95 bits per heavy atom. The van der Waals surface area contributed by atoms with Gasteiger partial charge in [0.2, 0.25) is 5.91 Å². The third-order valence-electron chi connectivity index (χ3n) is 3.90. The van der Waals surface area contributed by atoms with Gasteiger partial charge in [-0.05, 0) is 32.1 Å². The minimum atomic E-state index is -0.0242. The number of ether oxygens (including phenoxy) is 1. The molecule has 1 atom stereocenters. The number of hydrogen-bond acceptors (Lipinski definition) is 5. The van der Waals surface area contributed by atoms with E-state index in [9.17, 15) is 4.79 Å². The third kappa shape index (κ3) is 3.30. The standard InChI is InChI=1S/C14H21N3O2S/c18-13(11-5-4-8-19-9-11)15-12-10-20-14(16-12)17-6-2-1-3-7-17/h10-11H,1-9H2,(H,15,18). The Hall–Kier alpha value is -1.14. The second-order valence-electron chi connectivity index (χ2n) is 5.47. The number of nitrogens with zero attached hydrogens (tertiary/aromatic N) is 2. The molecule has 0 saturated carbocycles. The maximum atomic E-state index is 12.1. The van der Waals surface area contributed by atoms with Gasteiger partial charge in [-0.15, -0.1) is 11.3 Å². The summed E-state index contributed by atoms with van der Waals surface area (Å²) in [4.78, 5) is 19.0. The summed E-state index contributed by atoms with van der Waals surface area (Å²) in [5.41, 5.74) is 0. The van der Waals surface area contributed by atoms with Crippen molar-refractivity contribution in [2.24, 2.45) is 5.92 Å². The molecular formula is C14H21N3O2S. The number of aromatic nitrogens is 1. The van der Waals surface area contributed by atoms with E-state index >= 15 is 0 Å². The zero-order chi connectivity index (χ0) is 13.8. The molecule has 0 bridgehead atoms. The molecule has 0 aromatic carbocycles. The molecule has 20 heavy (non-hydrogen) atoms. The van der Waals surface area contributed by atoms with Gasteiger partial charge in [0.05, 0.1) is 12.5 Å². The monoisotopic (exact) mass is 295 g/mol. The lowest BCUT2D eigenvalue weighted by Gasteiger charge is -2.25. The highest BCUT2D eigenvalue weighted by molar-refractivity contribution is 7.14. The molecule has 1 amide bonds. The van der Waals surface area contributed by atoms with Gasteiger partial charge >= 0.3 is 0 Å². The van der Waals surface area contributed by atoms with Gasteiger partial charge in [-0.1, -0.05) is 0 Å². The van der Waals surface area contributed by atoms with Crippen molar-refractivity contribution in [3.8, 4) is 0 Å². The molecule has 2 saturated heterocycles. The maximum Gasteiger partial charge on any atom is 0.230 e. The second-order valence-corrected chi connectivity index (χ2v) is 6.30. The van der Waals surface area contributed by atoms with Crippen LogP contribution in [-0.2, 0) is 9.53 Å². The van der Waals surface area contributed by atoms with Gasteiger partial charge in [-0.3, -0.25) is 4.79 Å². The van der Waals surface area contributed by atoms with Crippen LogP contribution in [0.15, 0.2) is 5.38 Å². The highest BCUT2D eigenvalue weighted by Gasteiger charge is 2.23. The van der Waals surface area contributed by atoms with Gasteiger partial charge in [-0.25, -0.2) is 4.98 Å². The van der Waals surface area contributed by atoms with Crippen LogP contribution in [0.25, 0.3) is 0 Å². The molecule has 1 aromatic rings. The smallest absolute Gasteiger partial charge is 0.230 e. The van der Waals surface area contributed by atoms with Crippen molar-refractivity contribution in [3.63, 3.8) is 0 Å². The fourth-order valence-electron chi connectivity index (χ4n) is 2.73. The molecule has 2 aliphatic rings. The van der Waals surface area contributed by atoms with E-state index in [4.69, 9.17) is 4.74 Å². The van der Waals surface area contributed by atoms with Crippen LogP contribution in [0.3, 0.4) is 0 Å². The lowest BCUT2D eigenvalue weighted by Crippen LogP contribution is -2.30. The summed E-state index contributed by atoms with van der Waals surface area (Å²) in [6, 6.07) is 0. The van der Waals surface area contributed by atoms with Crippen LogP contribution >= 0.6 is 11.3 Å². The topological polar surface area (TPSA) is 54.5 Å². The molecule has 1 aromatic heterocycles. The first-order chi connectivity index (χ1) is 9.83. The van der Waals surface area contributed by atoms with E-state index in [1.807, 2.05) is 5.38 Å². The molecule has 5 nitrogen and oxygen atoms in total. The summed E-state index contributed by atoms with van der Waals surface area (Å²) >= 11 is 1.61. The van der Waals surface area contributed by atoms with E-state index in [1.54, 1.807) is 11.3 Å². The van der Waals surface area contributed by atoms with Crippen molar-refractivity contribution in [3.05, 3.63) is 5.38 Å². The van der Waals surface area contributed by atoms with Gasteiger partial charge in [0.25, 0.3) is 0 Å². The molecule has 3 rings (SSSR count). The molecule has 2 fully saturated rings.